The van der Waals surface area contributed by atoms with Crippen LogP contribution in [0.2, 0.25) is 5.02 Å². The Labute approximate surface area is 129 Å². The summed E-state index contributed by atoms with van der Waals surface area (Å²) >= 11 is 6.17. The summed E-state index contributed by atoms with van der Waals surface area (Å²) < 4.78 is 1.64. The van der Waals surface area contributed by atoms with Crippen LogP contribution in [0.3, 0.4) is 0 Å². The number of aromatic nitrogens is 2. The van der Waals surface area contributed by atoms with Crippen molar-refractivity contribution in [1.29, 1.82) is 0 Å². The van der Waals surface area contributed by atoms with Crippen molar-refractivity contribution in [3.05, 3.63) is 51.0 Å². The Balaban J connectivity index is 0.000000774. The second-order valence-corrected chi connectivity index (χ2v) is 5.21. The van der Waals surface area contributed by atoms with Crippen LogP contribution in [0.15, 0.2) is 29.2 Å². The highest BCUT2D eigenvalue weighted by molar-refractivity contribution is 6.32. The first-order valence-electron chi connectivity index (χ1n) is 7.05. The zero-order valence-corrected chi connectivity index (χ0v) is 13.7. The van der Waals surface area contributed by atoms with E-state index in [0.29, 0.717) is 10.4 Å². The van der Waals surface area contributed by atoms with Gasteiger partial charge >= 0.3 is 0 Å². The predicted molar refractivity (Wildman–Crippen MR) is 90.3 cm³/mol. The maximum absolute atomic E-state index is 12.4. The fraction of sp³-hybridized carbons (Fsp3) is 0.294. The van der Waals surface area contributed by atoms with Gasteiger partial charge in [0, 0.05) is 23.7 Å². The highest BCUT2D eigenvalue weighted by Crippen LogP contribution is 2.28. The van der Waals surface area contributed by atoms with Crippen LogP contribution in [0.5, 0.6) is 0 Å². The molecule has 0 unspecified atom stereocenters. The maximum atomic E-state index is 12.4. The maximum Gasteiger partial charge on any atom is 0.260 e. The molecular formula is C17H19ClN2O. The Kier molecular flexibility index (Phi) is 4.33. The molecule has 2 heterocycles. The smallest absolute Gasteiger partial charge is 0.260 e. The summed E-state index contributed by atoms with van der Waals surface area (Å²) in [6, 6.07) is 5.76. The quantitative estimate of drug-likeness (QED) is 0.577. The van der Waals surface area contributed by atoms with Crippen LogP contribution in [-0.2, 0) is 7.05 Å². The summed E-state index contributed by atoms with van der Waals surface area (Å²) in [5.41, 5.74) is 2.57. The van der Waals surface area contributed by atoms with E-state index in [9.17, 15) is 4.79 Å². The van der Waals surface area contributed by atoms with Gasteiger partial charge < -0.3 is 4.57 Å². The molecule has 21 heavy (non-hydrogen) atoms. The van der Waals surface area contributed by atoms with Crippen LogP contribution >= 0.6 is 11.6 Å². The molecule has 1 aromatic carbocycles. The van der Waals surface area contributed by atoms with Crippen LogP contribution in [0.1, 0.15) is 25.1 Å². The van der Waals surface area contributed by atoms with Gasteiger partial charge in [0.15, 0.2) is 0 Å². The van der Waals surface area contributed by atoms with E-state index in [2.05, 4.69) is 4.98 Å². The van der Waals surface area contributed by atoms with Crippen molar-refractivity contribution in [3.63, 3.8) is 0 Å². The van der Waals surface area contributed by atoms with Crippen LogP contribution in [0, 0.1) is 13.8 Å². The Morgan fingerprint density at radius 1 is 1.14 bits per heavy atom. The van der Waals surface area contributed by atoms with Crippen LogP contribution in [0.4, 0.5) is 0 Å². The Bertz CT molecular complexity index is 881. The predicted octanol–water partition coefficient (Wildman–Crippen LogP) is 4.38. The molecule has 0 aliphatic rings. The molecular weight excluding hydrogens is 284 g/mol. The van der Waals surface area contributed by atoms with E-state index in [0.717, 1.165) is 27.5 Å². The van der Waals surface area contributed by atoms with Gasteiger partial charge in [-0.05, 0) is 43.0 Å². The minimum absolute atomic E-state index is 0.0342. The number of pyridine rings is 2. The fourth-order valence-corrected chi connectivity index (χ4v) is 2.66. The molecule has 110 valence electrons. The average Bonchev–Trinajstić information content (AvgIpc) is 2.49. The van der Waals surface area contributed by atoms with Gasteiger partial charge in [0.1, 0.15) is 0 Å². The lowest BCUT2D eigenvalue weighted by molar-refractivity contribution is 0.915. The second-order valence-electron chi connectivity index (χ2n) is 4.80. The number of benzene rings is 1. The Hall–Kier alpha value is -1.87. The third-order valence-corrected chi connectivity index (χ3v) is 3.99. The first kappa shape index (κ1) is 15.5. The summed E-state index contributed by atoms with van der Waals surface area (Å²) in [6.07, 6.45) is 1.74. The van der Waals surface area contributed by atoms with Gasteiger partial charge in [-0.2, -0.15) is 0 Å². The molecule has 0 fully saturated rings. The largest absolute Gasteiger partial charge is 0.311 e. The van der Waals surface area contributed by atoms with Gasteiger partial charge in [0.25, 0.3) is 5.56 Å². The molecule has 4 heteroatoms. The molecule has 0 atom stereocenters. The zero-order valence-electron chi connectivity index (χ0n) is 13.0. The van der Waals surface area contributed by atoms with Gasteiger partial charge in [-0.25, -0.2) is 0 Å². The number of hydrogen-bond acceptors (Lipinski definition) is 2. The van der Waals surface area contributed by atoms with E-state index in [1.54, 1.807) is 17.8 Å². The lowest BCUT2D eigenvalue weighted by Crippen LogP contribution is -2.18. The first-order valence-corrected chi connectivity index (χ1v) is 7.42. The van der Waals surface area contributed by atoms with Crippen molar-refractivity contribution < 1.29 is 0 Å². The monoisotopic (exact) mass is 302 g/mol. The fourth-order valence-electron chi connectivity index (χ4n) is 2.50. The van der Waals surface area contributed by atoms with Crippen molar-refractivity contribution in [2.75, 3.05) is 0 Å². The van der Waals surface area contributed by atoms with Crippen LogP contribution in [0.25, 0.3) is 21.7 Å². The van der Waals surface area contributed by atoms with E-state index < -0.39 is 0 Å². The number of aryl methyl sites for hydroxylation is 3. The van der Waals surface area contributed by atoms with Crippen LogP contribution in [-0.4, -0.2) is 9.55 Å². The summed E-state index contributed by atoms with van der Waals surface area (Å²) in [4.78, 5) is 16.7. The molecule has 3 nitrogen and oxygen atoms in total. The van der Waals surface area contributed by atoms with Crippen molar-refractivity contribution in [3.8, 4) is 0 Å². The van der Waals surface area contributed by atoms with Gasteiger partial charge in [-0.1, -0.05) is 25.4 Å². The molecule has 0 saturated heterocycles. The number of hydrogen-bond donors (Lipinski definition) is 0. The molecule has 0 bridgehead atoms. The second kappa shape index (κ2) is 5.86. The van der Waals surface area contributed by atoms with Crippen molar-refractivity contribution in [1.82, 2.24) is 9.55 Å². The van der Waals surface area contributed by atoms with Crippen LogP contribution < -0.4 is 5.56 Å². The van der Waals surface area contributed by atoms with E-state index in [-0.39, 0.29) is 5.56 Å². The first-order chi connectivity index (χ1) is 10.0. The van der Waals surface area contributed by atoms with E-state index in [1.807, 2.05) is 45.9 Å². The lowest BCUT2D eigenvalue weighted by atomic mass is 10.0. The Morgan fingerprint density at radius 2 is 1.81 bits per heavy atom. The van der Waals surface area contributed by atoms with E-state index in [4.69, 9.17) is 11.6 Å². The third-order valence-electron chi connectivity index (χ3n) is 3.59. The average molecular weight is 303 g/mol. The molecule has 3 rings (SSSR count). The molecule has 0 amide bonds. The summed E-state index contributed by atoms with van der Waals surface area (Å²) in [5.74, 6) is 0. The topological polar surface area (TPSA) is 34.9 Å². The molecule has 0 radical (unpaired) electrons. The molecule has 0 spiro atoms. The van der Waals surface area contributed by atoms with Gasteiger partial charge in [0.2, 0.25) is 0 Å². The highest BCUT2D eigenvalue weighted by atomic mass is 35.5. The molecule has 0 N–H and O–H groups in total. The molecule has 0 saturated carbocycles. The Morgan fingerprint density at radius 3 is 2.48 bits per heavy atom. The summed E-state index contributed by atoms with van der Waals surface area (Å²) in [6.45, 7) is 7.82. The van der Waals surface area contributed by atoms with Gasteiger partial charge in [-0.15, -0.1) is 0 Å². The number of fused-ring (bicyclic) bond motifs is 3. The van der Waals surface area contributed by atoms with Gasteiger partial charge in [-0.3, -0.25) is 9.78 Å². The molecule has 0 aliphatic carbocycles. The van der Waals surface area contributed by atoms with E-state index >= 15 is 0 Å². The van der Waals surface area contributed by atoms with Crippen molar-refractivity contribution in [2.45, 2.75) is 27.7 Å². The standard InChI is InChI=1S/C15H13ClN2O.C2H6/c1-8-6-11-10-4-5-17-9(2)14(10)15(19)18(3)13(11)7-12(8)16;1-2/h4-7H,1-3H3;1-2H3. The van der Waals surface area contributed by atoms with Crippen molar-refractivity contribution in [2.24, 2.45) is 7.05 Å². The van der Waals surface area contributed by atoms with Crippen molar-refractivity contribution >= 4 is 33.3 Å². The molecule has 0 aliphatic heterocycles. The number of rotatable bonds is 0. The van der Waals surface area contributed by atoms with E-state index in [1.165, 1.54) is 0 Å². The molecule has 3 aromatic rings. The van der Waals surface area contributed by atoms with Gasteiger partial charge in [0.05, 0.1) is 16.6 Å². The third kappa shape index (κ3) is 2.42. The number of halogens is 1. The molecule has 2 aromatic heterocycles. The lowest BCUT2D eigenvalue weighted by Gasteiger charge is -2.11. The minimum Gasteiger partial charge on any atom is -0.311 e. The highest BCUT2D eigenvalue weighted by Gasteiger charge is 2.12. The number of nitrogens with zero attached hydrogens (tertiary/aromatic N) is 2. The zero-order chi connectivity index (χ0) is 15.7. The summed E-state index contributed by atoms with van der Waals surface area (Å²) in [7, 11) is 1.77. The normalized spacial score (nSPS) is 10.6. The minimum atomic E-state index is -0.0342. The summed E-state index contributed by atoms with van der Waals surface area (Å²) in [5, 5.41) is 3.32. The SMILES string of the molecule is CC.Cc1cc2c3ccnc(C)c3c(=O)n(C)c2cc1Cl.